The first-order chi connectivity index (χ1) is 9.52. The first-order valence-corrected chi connectivity index (χ1v) is 6.72. The molecule has 0 saturated carbocycles. The first-order valence-electron chi connectivity index (χ1n) is 5.16. The van der Waals surface area contributed by atoms with Crippen LogP contribution in [-0.2, 0) is 9.36 Å². The molecule has 0 aliphatic rings. The number of phosphoric acid groups is 1. The number of aliphatic hydroxyl groups excluding tert-OH is 4. The lowest BCUT2D eigenvalue weighted by Crippen LogP contribution is -2.40. The van der Waals surface area contributed by atoms with E-state index in [-0.39, 0.29) is 6.29 Å². The molecule has 21 heavy (non-hydrogen) atoms. The molecule has 0 aliphatic carbocycles. The number of anilines is 1. The molecule has 12 nitrogen and oxygen atoms in total. The Morgan fingerprint density at radius 3 is 2.00 bits per heavy atom. The number of carbonyl (C=O) groups excluding carboxylic acids is 1. The van der Waals surface area contributed by atoms with Gasteiger partial charge >= 0.3 is 7.82 Å². The minimum Gasteiger partial charge on any atom is -0.394 e. The van der Waals surface area contributed by atoms with Crippen LogP contribution in [0.1, 0.15) is 0 Å². The molecule has 0 bridgehead atoms. The van der Waals surface area contributed by atoms with Gasteiger partial charge in [0.05, 0.1) is 6.61 Å². The van der Waals surface area contributed by atoms with Crippen molar-refractivity contribution < 1.29 is 44.5 Å². The van der Waals surface area contributed by atoms with E-state index in [1.165, 1.54) is 0 Å². The van der Waals surface area contributed by atoms with Crippen LogP contribution in [0.15, 0.2) is 12.4 Å². The Labute approximate surface area is 118 Å². The summed E-state index contributed by atoms with van der Waals surface area (Å²) in [6.45, 7) is -0.688. The van der Waals surface area contributed by atoms with E-state index in [0.717, 1.165) is 0 Å². The van der Waals surface area contributed by atoms with Crippen LogP contribution in [0.25, 0.3) is 0 Å². The molecule has 1 rings (SSSR count). The number of aliphatic hydroxyl groups is 4. The van der Waals surface area contributed by atoms with E-state index in [1.54, 1.807) is 12.4 Å². The zero-order valence-corrected chi connectivity index (χ0v) is 11.5. The molecule has 1 aromatic rings. The molecule has 0 fully saturated rings. The third-order valence-electron chi connectivity index (χ3n) is 1.59. The molecular formula is C8H18N3O9P. The van der Waals surface area contributed by atoms with E-state index >= 15 is 0 Å². The third kappa shape index (κ3) is 16.6. The minimum absolute atomic E-state index is 0.0869. The second kappa shape index (κ2) is 11.3. The van der Waals surface area contributed by atoms with E-state index in [0.29, 0.717) is 5.95 Å². The Balaban J connectivity index is 0. The van der Waals surface area contributed by atoms with Crippen LogP contribution in [0.4, 0.5) is 5.95 Å². The van der Waals surface area contributed by atoms with Crippen molar-refractivity contribution in [3.05, 3.63) is 12.4 Å². The molecule has 1 heterocycles. The maximum absolute atomic E-state index is 9.76. The zero-order valence-electron chi connectivity index (χ0n) is 10.6. The highest BCUT2D eigenvalue weighted by molar-refractivity contribution is 7.45. The Bertz CT molecular complexity index is 401. The van der Waals surface area contributed by atoms with Gasteiger partial charge in [-0.1, -0.05) is 0 Å². The van der Waals surface area contributed by atoms with Crippen LogP contribution in [0.2, 0.25) is 0 Å². The lowest BCUT2D eigenvalue weighted by molar-refractivity contribution is -0.127. The van der Waals surface area contributed by atoms with Gasteiger partial charge in [-0.25, -0.2) is 9.55 Å². The van der Waals surface area contributed by atoms with Gasteiger partial charge in [-0.05, 0) is 0 Å². The SMILES string of the molecule is Nc1ncc[nH]1.O=CC(O)C(O)C(O)CO.O=P(O)(O)O. The highest BCUT2D eigenvalue weighted by Crippen LogP contribution is 2.25. The Morgan fingerprint density at radius 2 is 1.81 bits per heavy atom. The maximum atomic E-state index is 9.76. The quantitative estimate of drug-likeness (QED) is 0.192. The van der Waals surface area contributed by atoms with Crippen molar-refractivity contribution in [1.82, 2.24) is 9.97 Å². The fourth-order valence-electron chi connectivity index (χ4n) is 0.694. The monoisotopic (exact) mass is 331 g/mol. The van der Waals surface area contributed by atoms with Crippen molar-refractivity contribution in [2.45, 2.75) is 18.3 Å². The number of nitrogen functional groups attached to an aromatic ring is 1. The summed E-state index contributed by atoms with van der Waals surface area (Å²) in [6.07, 6.45) is -1.35. The molecule has 0 saturated heterocycles. The lowest BCUT2D eigenvalue weighted by Gasteiger charge is -2.16. The van der Waals surface area contributed by atoms with Crippen molar-refractivity contribution in [3.63, 3.8) is 0 Å². The molecule has 124 valence electrons. The number of nitrogens with one attached hydrogen (secondary N) is 1. The smallest absolute Gasteiger partial charge is 0.394 e. The van der Waals surface area contributed by atoms with Gasteiger partial charge in [0, 0.05) is 12.4 Å². The van der Waals surface area contributed by atoms with Crippen LogP contribution in [0, 0.1) is 0 Å². The number of aromatic nitrogens is 2. The molecule has 10 N–H and O–H groups in total. The molecule has 0 radical (unpaired) electrons. The number of rotatable bonds is 4. The van der Waals surface area contributed by atoms with Gasteiger partial charge in [0.1, 0.15) is 18.3 Å². The van der Waals surface area contributed by atoms with Crippen molar-refractivity contribution in [1.29, 1.82) is 0 Å². The van der Waals surface area contributed by atoms with Crippen LogP contribution in [-0.4, -0.2) is 76.3 Å². The van der Waals surface area contributed by atoms with Gasteiger partial charge < -0.3 is 50.6 Å². The summed E-state index contributed by atoms with van der Waals surface area (Å²) in [4.78, 5) is 37.6. The summed E-state index contributed by atoms with van der Waals surface area (Å²) in [5.74, 6) is 0.468. The van der Waals surface area contributed by atoms with E-state index in [2.05, 4.69) is 9.97 Å². The van der Waals surface area contributed by atoms with Gasteiger partial charge in [0.25, 0.3) is 0 Å². The predicted octanol–water partition coefficient (Wildman–Crippen LogP) is -3.68. The van der Waals surface area contributed by atoms with E-state index in [4.69, 9.17) is 45.4 Å². The zero-order chi connectivity index (χ0) is 17.1. The Morgan fingerprint density at radius 1 is 1.33 bits per heavy atom. The Kier molecular flexibility index (Phi) is 11.8. The molecule has 0 amide bonds. The van der Waals surface area contributed by atoms with Gasteiger partial charge in [0.15, 0.2) is 12.2 Å². The van der Waals surface area contributed by atoms with Crippen LogP contribution >= 0.6 is 7.82 Å². The molecule has 0 aliphatic heterocycles. The number of carbonyl (C=O) groups is 1. The normalized spacial score (nSPS) is 14.6. The number of aromatic amines is 1. The van der Waals surface area contributed by atoms with Crippen molar-refractivity contribution in [2.75, 3.05) is 12.3 Å². The molecule has 1 aromatic heterocycles. The van der Waals surface area contributed by atoms with E-state index in [1.807, 2.05) is 0 Å². The summed E-state index contributed by atoms with van der Waals surface area (Å²) < 4.78 is 8.88. The lowest BCUT2D eigenvalue weighted by atomic mass is 10.1. The van der Waals surface area contributed by atoms with Crippen molar-refractivity contribution in [3.8, 4) is 0 Å². The summed E-state index contributed by atoms with van der Waals surface area (Å²) >= 11 is 0. The standard InChI is InChI=1S/C5H10O5.C3H5N3.H3O4P/c6-1-3(8)5(10)4(9)2-7;4-3-5-1-2-6-3;1-5(2,3)4/h1,3-5,7-10H,2H2;1-2H,(H3,4,5,6);(H3,1,2,3,4). The second-order valence-electron chi connectivity index (χ2n) is 3.35. The maximum Gasteiger partial charge on any atom is 0.466 e. The van der Waals surface area contributed by atoms with Gasteiger partial charge in [-0.3, -0.25) is 0 Å². The number of nitrogens with two attached hydrogens (primary N) is 1. The summed E-state index contributed by atoms with van der Waals surface area (Å²) in [5.41, 5.74) is 5.11. The molecule has 3 unspecified atom stereocenters. The number of aldehydes is 1. The summed E-state index contributed by atoms with van der Waals surface area (Å²) in [5, 5.41) is 34.1. The van der Waals surface area contributed by atoms with Crippen LogP contribution in [0.5, 0.6) is 0 Å². The number of H-pyrrole nitrogens is 1. The minimum atomic E-state index is -4.64. The largest absolute Gasteiger partial charge is 0.466 e. The average Bonchev–Trinajstić information content (AvgIpc) is 2.85. The van der Waals surface area contributed by atoms with Gasteiger partial charge in [0.2, 0.25) is 0 Å². The fourth-order valence-corrected chi connectivity index (χ4v) is 0.694. The predicted molar refractivity (Wildman–Crippen MR) is 68.4 cm³/mol. The number of imidazole rings is 1. The van der Waals surface area contributed by atoms with E-state index < -0.39 is 32.7 Å². The molecule has 13 heteroatoms. The third-order valence-corrected chi connectivity index (χ3v) is 1.59. The van der Waals surface area contributed by atoms with Gasteiger partial charge in [-0.2, -0.15) is 0 Å². The molecule has 0 spiro atoms. The highest BCUT2D eigenvalue weighted by Gasteiger charge is 2.22. The molecular weight excluding hydrogens is 313 g/mol. The topological polar surface area (TPSA) is 230 Å². The second-order valence-corrected chi connectivity index (χ2v) is 4.38. The summed E-state index contributed by atoms with van der Waals surface area (Å²) in [7, 11) is -4.64. The van der Waals surface area contributed by atoms with Crippen LogP contribution in [0.3, 0.4) is 0 Å². The average molecular weight is 331 g/mol. The Hall–Kier alpha value is -1.37. The number of nitrogens with zero attached hydrogens (tertiary/aromatic N) is 1. The molecule has 3 atom stereocenters. The number of hydrogen-bond donors (Lipinski definition) is 9. The fraction of sp³-hybridized carbons (Fsp3) is 0.500. The van der Waals surface area contributed by atoms with Crippen molar-refractivity contribution >= 4 is 20.1 Å². The first kappa shape index (κ1) is 21.9. The number of hydrogen-bond acceptors (Lipinski definition) is 8. The van der Waals surface area contributed by atoms with E-state index in [9.17, 15) is 4.79 Å². The highest BCUT2D eigenvalue weighted by atomic mass is 31.2. The summed E-state index contributed by atoms with van der Waals surface area (Å²) in [6, 6.07) is 0. The van der Waals surface area contributed by atoms with Crippen molar-refractivity contribution in [2.24, 2.45) is 0 Å². The molecule has 0 aromatic carbocycles. The van der Waals surface area contributed by atoms with Crippen LogP contribution < -0.4 is 5.73 Å². The van der Waals surface area contributed by atoms with Gasteiger partial charge in [-0.15, -0.1) is 0 Å².